The van der Waals surface area contributed by atoms with Crippen LogP contribution in [0.2, 0.25) is 0 Å². The lowest BCUT2D eigenvalue weighted by atomic mass is 9.81. The van der Waals surface area contributed by atoms with Gasteiger partial charge in [-0.05, 0) is 44.1 Å². The van der Waals surface area contributed by atoms with Gasteiger partial charge < -0.3 is 15.7 Å². The molecule has 2 aliphatic rings. The Bertz CT molecular complexity index is 301. The topological polar surface area (TPSA) is 61.4 Å². The van der Waals surface area contributed by atoms with Crippen LogP contribution in [0.3, 0.4) is 0 Å². The summed E-state index contributed by atoms with van der Waals surface area (Å²) in [6, 6.07) is 0. The van der Waals surface area contributed by atoms with Gasteiger partial charge in [-0.15, -0.1) is 0 Å². The molecular weight excluding hydrogens is 240 g/mol. The first-order valence-corrected chi connectivity index (χ1v) is 7.82. The van der Waals surface area contributed by atoms with Gasteiger partial charge in [0.2, 0.25) is 5.91 Å². The maximum absolute atomic E-state index is 12.5. The molecule has 0 spiro atoms. The smallest absolute Gasteiger partial charge is 0.227 e. The number of rotatable bonds is 6. The van der Waals surface area contributed by atoms with Crippen molar-refractivity contribution in [3.63, 3.8) is 0 Å². The molecule has 3 N–H and O–H groups in total. The van der Waals surface area contributed by atoms with E-state index in [0.29, 0.717) is 11.8 Å². The Morgan fingerprint density at radius 3 is 2.84 bits per heavy atom. The van der Waals surface area contributed by atoms with E-state index in [9.17, 15) is 9.90 Å². The summed E-state index contributed by atoms with van der Waals surface area (Å²) in [5.74, 6) is 1.09. The van der Waals surface area contributed by atoms with Crippen molar-refractivity contribution in [3.8, 4) is 0 Å². The van der Waals surface area contributed by atoms with Gasteiger partial charge in [0, 0.05) is 19.7 Å². The number of carbonyl (C=O) groups is 1. The fourth-order valence-electron chi connectivity index (χ4n) is 3.78. The molecule has 1 amide bonds. The first-order chi connectivity index (χ1) is 9.22. The van der Waals surface area contributed by atoms with Crippen LogP contribution < -0.4 is 10.6 Å². The largest absolute Gasteiger partial charge is 0.396 e. The normalized spacial score (nSPS) is 34.6. The summed E-state index contributed by atoms with van der Waals surface area (Å²) in [6.07, 6.45) is 6.43. The SMILES string of the molecule is CCCC1(C(=O)NCC2CCCC2CO)CCNC1. The molecule has 4 heteroatoms. The molecule has 1 saturated heterocycles. The van der Waals surface area contributed by atoms with E-state index in [1.807, 2.05) is 0 Å². The molecule has 3 unspecified atom stereocenters. The van der Waals surface area contributed by atoms with Gasteiger partial charge in [0.1, 0.15) is 0 Å². The van der Waals surface area contributed by atoms with Gasteiger partial charge in [0.25, 0.3) is 0 Å². The lowest BCUT2D eigenvalue weighted by molar-refractivity contribution is -0.130. The molecule has 2 fully saturated rings. The summed E-state index contributed by atoms with van der Waals surface area (Å²) in [5, 5.41) is 15.8. The number of nitrogens with one attached hydrogen (secondary N) is 2. The monoisotopic (exact) mass is 268 g/mol. The Morgan fingerprint density at radius 2 is 2.21 bits per heavy atom. The van der Waals surface area contributed by atoms with Gasteiger partial charge in [0.05, 0.1) is 5.41 Å². The van der Waals surface area contributed by atoms with E-state index in [0.717, 1.165) is 51.7 Å². The third kappa shape index (κ3) is 3.29. The Morgan fingerprint density at radius 1 is 1.42 bits per heavy atom. The second-order valence-electron chi connectivity index (χ2n) is 6.30. The quantitative estimate of drug-likeness (QED) is 0.680. The summed E-state index contributed by atoms with van der Waals surface area (Å²) in [4.78, 5) is 12.5. The van der Waals surface area contributed by atoms with Gasteiger partial charge >= 0.3 is 0 Å². The van der Waals surface area contributed by atoms with Gasteiger partial charge in [0.15, 0.2) is 0 Å². The fraction of sp³-hybridized carbons (Fsp3) is 0.933. The van der Waals surface area contributed by atoms with Crippen molar-refractivity contribution in [1.82, 2.24) is 10.6 Å². The maximum atomic E-state index is 12.5. The second-order valence-corrected chi connectivity index (χ2v) is 6.30. The van der Waals surface area contributed by atoms with Crippen LogP contribution in [0.1, 0.15) is 45.4 Å². The Kier molecular flexibility index (Phi) is 5.22. The van der Waals surface area contributed by atoms with Crippen LogP contribution in [0.5, 0.6) is 0 Å². The van der Waals surface area contributed by atoms with Crippen molar-refractivity contribution in [1.29, 1.82) is 0 Å². The average molecular weight is 268 g/mol. The molecule has 1 saturated carbocycles. The van der Waals surface area contributed by atoms with Crippen LogP contribution in [-0.2, 0) is 4.79 Å². The van der Waals surface area contributed by atoms with E-state index < -0.39 is 0 Å². The Balaban J connectivity index is 1.85. The highest BCUT2D eigenvalue weighted by Crippen LogP contribution is 2.33. The molecule has 2 rings (SSSR count). The van der Waals surface area contributed by atoms with E-state index in [1.165, 1.54) is 6.42 Å². The molecule has 110 valence electrons. The number of aliphatic hydroxyl groups excluding tert-OH is 1. The molecule has 0 aromatic carbocycles. The molecule has 19 heavy (non-hydrogen) atoms. The van der Waals surface area contributed by atoms with Gasteiger partial charge in [-0.1, -0.05) is 19.8 Å². The van der Waals surface area contributed by atoms with E-state index in [2.05, 4.69) is 17.6 Å². The molecular formula is C15H28N2O2. The summed E-state index contributed by atoms with van der Waals surface area (Å²) < 4.78 is 0. The summed E-state index contributed by atoms with van der Waals surface area (Å²) in [5.41, 5.74) is -0.179. The van der Waals surface area contributed by atoms with Gasteiger partial charge in [-0.3, -0.25) is 4.79 Å². The minimum Gasteiger partial charge on any atom is -0.396 e. The maximum Gasteiger partial charge on any atom is 0.227 e. The van der Waals surface area contributed by atoms with Crippen LogP contribution in [0.25, 0.3) is 0 Å². The zero-order valence-electron chi connectivity index (χ0n) is 12.1. The van der Waals surface area contributed by atoms with Crippen molar-refractivity contribution in [2.24, 2.45) is 17.3 Å². The molecule has 1 heterocycles. The second kappa shape index (κ2) is 6.71. The highest BCUT2D eigenvalue weighted by Gasteiger charge is 2.40. The summed E-state index contributed by atoms with van der Waals surface area (Å²) in [6.45, 7) is 4.93. The summed E-state index contributed by atoms with van der Waals surface area (Å²) in [7, 11) is 0. The van der Waals surface area contributed by atoms with Crippen molar-refractivity contribution in [3.05, 3.63) is 0 Å². The highest BCUT2D eigenvalue weighted by atomic mass is 16.3. The molecule has 1 aliphatic heterocycles. The lowest BCUT2D eigenvalue weighted by Gasteiger charge is -2.28. The van der Waals surface area contributed by atoms with E-state index in [1.54, 1.807) is 0 Å². The van der Waals surface area contributed by atoms with Crippen LogP contribution >= 0.6 is 0 Å². The number of hydrogen-bond donors (Lipinski definition) is 3. The molecule has 0 aromatic heterocycles. The number of amides is 1. The molecule has 0 radical (unpaired) electrons. The number of aliphatic hydroxyl groups is 1. The van der Waals surface area contributed by atoms with Gasteiger partial charge in [-0.2, -0.15) is 0 Å². The predicted molar refractivity (Wildman–Crippen MR) is 75.8 cm³/mol. The third-order valence-corrected chi connectivity index (χ3v) is 5.03. The predicted octanol–water partition coefficient (Wildman–Crippen LogP) is 1.29. The van der Waals surface area contributed by atoms with E-state index in [-0.39, 0.29) is 17.9 Å². The van der Waals surface area contributed by atoms with Crippen LogP contribution in [0, 0.1) is 17.3 Å². The average Bonchev–Trinajstić information content (AvgIpc) is 3.05. The third-order valence-electron chi connectivity index (χ3n) is 5.03. The molecule has 0 aromatic rings. The van der Waals surface area contributed by atoms with Crippen LogP contribution in [-0.4, -0.2) is 37.3 Å². The van der Waals surface area contributed by atoms with Crippen molar-refractivity contribution in [2.45, 2.75) is 45.4 Å². The van der Waals surface area contributed by atoms with Gasteiger partial charge in [-0.25, -0.2) is 0 Å². The number of carbonyl (C=O) groups excluding carboxylic acids is 1. The standard InChI is InChI=1S/C15H28N2O2/c1-2-6-15(7-8-16-11-15)14(19)17-9-12-4-3-5-13(12)10-18/h12-13,16,18H,2-11H2,1H3,(H,17,19). The lowest BCUT2D eigenvalue weighted by Crippen LogP contribution is -2.44. The molecule has 1 aliphatic carbocycles. The molecule has 0 bridgehead atoms. The Hall–Kier alpha value is -0.610. The zero-order chi connectivity index (χ0) is 13.7. The van der Waals surface area contributed by atoms with Crippen LogP contribution in [0.4, 0.5) is 0 Å². The van der Waals surface area contributed by atoms with Crippen molar-refractivity contribution < 1.29 is 9.90 Å². The Labute approximate surface area is 116 Å². The first kappa shape index (κ1) is 14.8. The summed E-state index contributed by atoms with van der Waals surface area (Å²) >= 11 is 0. The highest BCUT2D eigenvalue weighted by molar-refractivity contribution is 5.83. The zero-order valence-corrected chi connectivity index (χ0v) is 12.1. The van der Waals surface area contributed by atoms with Crippen LogP contribution in [0.15, 0.2) is 0 Å². The number of hydrogen-bond acceptors (Lipinski definition) is 3. The van der Waals surface area contributed by atoms with E-state index >= 15 is 0 Å². The molecule has 3 atom stereocenters. The molecule has 4 nitrogen and oxygen atoms in total. The minimum absolute atomic E-state index is 0.179. The minimum atomic E-state index is -0.179. The fourth-order valence-corrected chi connectivity index (χ4v) is 3.78. The first-order valence-electron chi connectivity index (χ1n) is 7.82. The van der Waals surface area contributed by atoms with E-state index in [4.69, 9.17) is 0 Å². The van der Waals surface area contributed by atoms with Crippen molar-refractivity contribution in [2.75, 3.05) is 26.2 Å². The van der Waals surface area contributed by atoms with Crippen molar-refractivity contribution >= 4 is 5.91 Å².